The van der Waals surface area contributed by atoms with E-state index in [0.29, 0.717) is 38.0 Å². The van der Waals surface area contributed by atoms with Crippen molar-refractivity contribution in [2.24, 2.45) is 0 Å². The summed E-state index contributed by atoms with van der Waals surface area (Å²) in [5.41, 5.74) is 1.61. The Morgan fingerprint density at radius 2 is 1.97 bits per heavy atom. The predicted octanol–water partition coefficient (Wildman–Crippen LogP) is 2.46. The van der Waals surface area contributed by atoms with Crippen molar-refractivity contribution in [2.75, 3.05) is 40.8 Å². The molecule has 1 aliphatic rings. The van der Waals surface area contributed by atoms with E-state index in [0.717, 1.165) is 30.6 Å². The summed E-state index contributed by atoms with van der Waals surface area (Å²) in [5, 5.41) is 4.16. The molecule has 0 N–H and O–H groups in total. The highest BCUT2D eigenvalue weighted by Gasteiger charge is 2.30. The van der Waals surface area contributed by atoms with E-state index in [-0.39, 0.29) is 24.3 Å². The van der Waals surface area contributed by atoms with Crippen molar-refractivity contribution in [2.45, 2.75) is 51.6 Å². The Hall–Kier alpha value is -3.36. The summed E-state index contributed by atoms with van der Waals surface area (Å²) < 4.78 is 7.56. The first-order valence-corrected chi connectivity index (χ1v) is 12.3. The van der Waals surface area contributed by atoms with Gasteiger partial charge in [0.1, 0.15) is 11.8 Å². The molecule has 1 aromatic carbocycles. The van der Waals surface area contributed by atoms with Gasteiger partial charge in [-0.1, -0.05) is 18.2 Å². The molecular weight excluding hydrogens is 446 g/mol. The number of hydrogen-bond donors (Lipinski definition) is 0. The molecule has 1 aliphatic heterocycles. The van der Waals surface area contributed by atoms with Gasteiger partial charge < -0.3 is 19.4 Å². The standard InChI is InChI=1S/C26H37N5O4/c1-5-31-18-21(17-27-31)25(33)28(2)16-10-13-22-26(34)29(3)15-9-8-12-20-11-6-7-14-23(20)35-19-24(32)30(22)4/h6-7,11,14,17-18,22H,5,8-10,12-13,15-16,19H2,1-4H3/t22-/m0/s1. The first-order chi connectivity index (χ1) is 16.8. The van der Waals surface area contributed by atoms with Gasteiger partial charge in [0.25, 0.3) is 11.8 Å². The number of carbonyl (C=O) groups excluding carboxylic acids is 3. The third-order valence-electron chi connectivity index (χ3n) is 6.56. The molecule has 0 fully saturated rings. The predicted molar refractivity (Wildman–Crippen MR) is 133 cm³/mol. The molecule has 1 atom stereocenters. The molecule has 2 heterocycles. The zero-order valence-electron chi connectivity index (χ0n) is 21.3. The van der Waals surface area contributed by atoms with Gasteiger partial charge in [-0.05, 0) is 50.7 Å². The lowest BCUT2D eigenvalue weighted by atomic mass is 10.1. The van der Waals surface area contributed by atoms with Crippen LogP contribution in [-0.4, -0.2) is 89.1 Å². The van der Waals surface area contributed by atoms with E-state index in [1.807, 2.05) is 31.2 Å². The van der Waals surface area contributed by atoms with Crippen LogP contribution in [0.15, 0.2) is 36.7 Å². The number of para-hydroxylation sites is 1. The molecule has 190 valence electrons. The Kier molecular flexibility index (Phi) is 9.28. The normalized spacial score (nSPS) is 17.7. The largest absolute Gasteiger partial charge is 0.483 e. The number of ether oxygens (including phenoxy) is 1. The fourth-order valence-electron chi connectivity index (χ4n) is 4.27. The Balaban J connectivity index is 1.66. The Bertz CT molecular complexity index is 1020. The third kappa shape index (κ3) is 6.83. The SMILES string of the molecule is CCn1cc(C(=O)N(C)CCC[C@H]2C(=O)N(C)CCCCc3ccccc3OCC(=O)N2C)cn1. The van der Waals surface area contributed by atoms with Gasteiger partial charge in [-0.3, -0.25) is 19.1 Å². The lowest BCUT2D eigenvalue weighted by Gasteiger charge is -2.31. The van der Waals surface area contributed by atoms with Crippen LogP contribution < -0.4 is 4.74 Å². The van der Waals surface area contributed by atoms with Gasteiger partial charge in [0.15, 0.2) is 6.61 Å². The summed E-state index contributed by atoms with van der Waals surface area (Å²) >= 11 is 0. The monoisotopic (exact) mass is 483 g/mol. The van der Waals surface area contributed by atoms with E-state index in [9.17, 15) is 14.4 Å². The van der Waals surface area contributed by atoms with Crippen LogP contribution in [0.4, 0.5) is 0 Å². The van der Waals surface area contributed by atoms with Gasteiger partial charge in [-0.2, -0.15) is 5.10 Å². The molecule has 35 heavy (non-hydrogen) atoms. The first kappa shape index (κ1) is 26.2. The quantitative estimate of drug-likeness (QED) is 0.630. The van der Waals surface area contributed by atoms with Gasteiger partial charge >= 0.3 is 0 Å². The highest BCUT2D eigenvalue weighted by Crippen LogP contribution is 2.21. The fourth-order valence-corrected chi connectivity index (χ4v) is 4.27. The molecule has 3 rings (SSSR count). The van der Waals surface area contributed by atoms with Crippen molar-refractivity contribution in [3.63, 3.8) is 0 Å². The van der Waals surface area contributed by atoms with Crippen LogP contribution in [0.1, 0.15) is 48.5 Å². The molecule has 0 bridgehead atoms. The molecular formula is C26H37N5O4. The second kappa shape index (κ2) is 12.4. The number of hydrogen-bond acceptors (Lipinski definition) is 5. The van der Waals surface area contributed by atoms with E-state index in [1.54, 1.807) is 48.0 Å². The topological polar surface area (TPSA) is 88.0 Å². The summed E-state index contributed by atoms with van der Waals surface area (Å²) in [6.07, 6.45) is 6.96. The molecule has 9 nitrogen and oxygen atoms in total. The maximum Gasteiger partial charge on any atom is 0.260 e. The van der Waals surface area contributed by atoms with Crippen LogP contribution in [0.5, 0.6) is 5.75 Å². The van der Waals surface area contributed by atoms with Gasteiger partial charge in [-0.15, -0.1) is 0 Å². The average molecular weight is 484 g/mol. The lowest BCUT2D eigenvalue weighted by Crippen LogP contribution is -2.50. The molecule has 0 unspecified atom stereocenters. The van der Waals surface area contributed by atoms with Crippen LogP contribution >= 0.6 is 0 Å². The van der Waals surface area contributed by atoms with Crippen molar-refractivity contribution in [3.8, 4) is 5.75 Å². The second-order valence-corrected chi connectivity index (χ2v) is 9.09. The molecule has 0 radical (unpaired) electrons. The second-order valence-electron chi connectivity index (χ2n) is 9.09. The van der Waals surface area contributed by atoms with E-state index in [4.69, 9.17) is 4.74 Å². The van der Waals surface area contributed by atoms with Crippen molar-refractivity contribution >= 4 is 17.7 Å². The fraction of sp³-hybridized carbons (Fsp3) is 0.538. The molecule has 0 saturated heterocycles. The maximum absolute atomic E-state index is 13.3. The van der Waals surface area contributed by atoms with Crippen molar-refractivity contribution in [3.05, 3.63) is 47.8 Å². The number of likely N-dealkylation sites (N-methyl/N-ethyl adjacent to an activating group) is 2. The van der Waals surface area contributed by atoms with Crippen LogP contribution in [-0.2, 0) is 22.6 Å². The number of aryl methyl sites for hydroxylation is 2. The smallest absolute Gasteiger partial charge is 0.260 e. The Morgan fingerprint density at radius 1 is 1.20 bits per heavy atom. The third-order valence-corrected chi connectivity index (χ3v) is 6.56. The zero-order valence-corrected chi connectivity index (χ0v) is 21.3. The molecule has 0 aliphatic carbocycles. The van der Waals surface area contributed by atoms with Crippen molar-refractivity contribution in [1.29, 1.82) is 0 Å². The number of rotatable bonds is 6. The summed E-state index contributed by atoms with van der Waals surface area (Å²) in [6.45, 7) is 3.63. The molecule has 2 aromatic rings. The highest BCUT2D eigenvalue weighted by atomic mass is 16.5. The van der Waals surface area contributed by atoms with Crippen LogP contribution in [0.3, 0.4) is 0 Å². The van der Waals surface area contributed by atoms with E-state index in [2.05, 4.69) is 5.10 Å². The average Bonchev–Trinajstić information content (AvgIpc) is 3.35. The van der Waals surface area contributed by atoms with Gasteiger partial charge in [-0.25, -0.2) is 0 Å². The number of amides is 3. The van der Waals surface area contributed by atoms with Gasteiger partial charge in [0.05, 0.1) is 11.8 Å². The summed E-state index contributed by atoms with van der Waals surface area (Å²) in [6, 6.07) is 7.16. The summed E-state index contributed by atoms with van der Waals surface area (Å²) in [4.78, 5) is 43.8. The lowest BCUT2D eigenvalue weighted by molar-refractivity contribution is -0.145. The number of benzene rings is 1. The van der Waals surface area contributed by atoms with Crippen molar-refractivity contribution < 1.29 is 19.1 Å². The molecule has 9 heteroatoms. The van der Waals surface area contributed by atoms with Crippen molar-refractivity contribution in [1.82, 2.24) is 24.5 Å². The molecule has 1 aromatic heterocycles. The van der Waals surface area contributed by atoms with E-state index >= 15 is 0 Å². The summed E-state index contributed by atoms with van der Waals surface area (Å²) in [5.74, 6) is 0.272. The highest BCUT2D eigenvalue weighted by molar-refractivity contribution is 5.93. The first-order valence-electron chi connectivity index (χ1n) is 12.3. The van der Waals surface area contributed by atoms with Crippen LogP contribution in [0.25, 0.3) is 0 Å². The maximum atomic E-state index is 13.3. The van der Waals surface area contributed by atoms with Crippen LogP contribution in [0.2, 0.25) is 0 Å². The zero-order chi connectivity index (χ0) is 25.4. The Morgan fingerprint density at radius 3 is 2.71 bits per heavy atom. The minimum absolute atomic E-state index is 0.0872. The summed E-state index contributed by atoms with van der Waals surface area (Å²) in [7, 11) is 5.19. The van der Waals surface area contributed by atoms with Crippen LogP contribution in [0, 0.1) is 0 Å². The number of aromatic nitrogens is 2. The minimum atomic E-state index is -0.613. The number of fused-ring (bicyclic) bond motifs is 1. The van der Waals surface area contributed by atoms with Gasteiger partial charge in [0.2, 0.25) is 5.91 Å². The van der Waals surface area contributed by atoms with E-state index < -0.39 is 6.04 Å². The number of carbonyl (C=O) groups is 3. The molecule has 0 spiro atoms. The molecule has 0 saturated carbocycles. The number of nitrogens with zero attached hydrogens (tertiary/aromatic N) is 5. The van der Waals surface area contributed by atoms with Gasteiger partial charge in [0, 0.05) is 47.0 Å². The molecule has 3 amide bonds. The van der Waals surface area contributed by atoms with E-state index in [1.165, 1.54) is 4.90 Å². The minimum Gasteiger partial charge on any atom is -0.483 e. The Labute approximate surface area is 207 Å².